The van der Waals surface area contributed by atoms with E-state index in [-0.39, 0.29) is 5.56 Å². The topological polar surface area (TPSA) is 81.8 Å². The predicted octanol–water partition coefficient (Wildman–Crippen LogP) is 4.34. The third-order valence-electron chi connectivity index (χ3n) is 4.41. The van der Waals surface area contributed by atoms with Crippen molar-refractivity contribution in [2.75, 3.05) is 14.2 Å². The van der Waals surface area contributed by atoms with Gasteiger partial charge in [-0.2, -0.15) is 0 Å². The van der Waals surface area contributed by atoms with Gasteiger partial charge in [0.2, 0.25) is 0 Å². The molecule has 0 unspecified atom stereocenters. The number of carboxylic acids is 1. The molecule has 0 atom stereocenters. The van der Waals surface area contributed by atoms with Crippen molar-refractivity contribution in [3.63, 3.8) is 0 Å². The van der Waals surface area contributed by atoms with E-state index in [2.05, 4.69) is 5.16 Å². The van der Waals surface area contributed by atoms with Gasteiger partial charge in [0, 0.05) is 11.1 Å². The van der Waals surface area contributed by atoms with E-state index in [1.807, 2.05) is 26.0 Å². The number of benzene rings is 2. The Morgan fingerprint density at radius 2 is 1.77 bits per heavy atom. The summed E-state index contributed by atoms with van der Waals surface area (Å²) in [5.41, 5.74) is 4.37. The molecule has 6 nitrogen and oxygen atoms in total. The Kier molecular flexibility index (Phi) is 4.67. The van der Waals surface area contributed by atoms with E-state index in [0.29, 0.717) is 22.6 Å². The van der Waals surface area contributed by atoms with Gasteiger partial charge in [0.1, 0.15) is 17.1 Å². The first-order valence-electron chi connectivity index (χ1n) is 7.98. The third kappa shape index (κ3) is 3.01. The highest BCUT2D eigenvalue weighted by molar-refractivity contribution is 5.93. The smallest absolute Gasteiger partial charge is 0.339 e. The highest BCUT2D eigenvalue weighted by atomic mass is 16.5. The van der Waals surface area contributed by atoms with Gasteiger partial charge in [-0.3, -0.25) is 0 Å². The second-order valence-corrected chi connectivity index (χ2v) is 5.91. The maximum atomic E-state index is 11.5. The summed E-state index contributed by atoms with van der Waals surface area (Å²) in [4.78, 5) is 11.5. The Morgan fingerprint density at radius 1 is 1.04 bits per heavy atom. The summed E-state index contributed by atoms with van der Waals surface area (Å²) >= 11 is 0. The van der Waals surface area contributed by atoms with Gasteiger partial charge in [-0.1, -0.05) is 11.2 Å². The molecule has 0 spiro atoms. The Hall–Kier alpha value is -3.28. The van der Waals surface area contributed by atoms with E-state index >= 15 is 0 Å². The normalized spacial score (nSPS) is 10.6. The number of aryl methyl sites for hydroxylation is 1. The number of carbonyl (C=O) groups is 1. The number of aromatic nitrogens is 1. The summed E-state index contributed by atoms with van der Waals surface area (Å²) in [5.74, 6) is 0.540. The summed E-state index contributed by atoms with van der Waals surface area (Å²) in [5, 5.41) is 13.3. The zero-order chi connectivity index (χ0) is 18.8. The van der Waals surface area contributed by atoms with Crippen molar-refractivity contribution in [1.29, 1.82) is 0 Å². The molecule has 0 fully saturated rings. The first kappa shape index (κ1) is 17.5. The van der Waals surface area contributed by atoms with E-state index < -0.39 is 5.97 Å². The summed E-state index contributed by atoms with van der Waals surface area (Å²) in [6.07, 6.45) is 1.57. The quantitative estimate of drug-likeness (QED) is 0.735. The lowest BCUT2D eigenvalue weighted by molar-refractivity contribution is 0.0693. The van der Waals surface area contributed by atoms with E-state index in [0.717, 1.165) is 22.4 Å². The van der Waals surface area contributed by atoms with Crippen molar-refractivity contribution in [1.82, 2.24) is 5.16 Å². The van der Waals surface area contributed by atoms with Crippen LogP contribution in [0.15, 0.2) is 41.1 Å². The molecule has 0 amide bonds. The molecule has 0 bridgehead atoms. The van der Waals surface area contributed by atoms with Crippen molar-refractivity contribution in [2.24, 2.45) is 0 Å². The van der Waals surface area contributed by atoms with Crippen molar-refractivity contribution in [2.45, 2.75) is 13.8 Å². The van der Waals surface area contributed by atoms with Gasteiger partial charge in [0.05, 0.1) is 20.4 Å². The Bertz CT molecular complexity index is 974. The molecular weight excluding hydrogens is 334 g/mol. The van der Waals surface area contributed by atoms with Crippen molar-refractivity contribution in [3.05, 3.63) is 53.2 Å². The molecule has 1 heterocycles. The minimum atomic E-state index is -1.06. The summed E-state index contributed by atoms with van der Waals surface area (Å²) in [6.45, 7) is 3.98. The Morgan fingerprint density at radius 3 is 2.42 bits per heavy atom. The van der Waals surface area contributed by atoms with Crippen LogP contribution in [0.3, 0.4) is 0 Å². The second kappa shape index (κ2) is 6.92. The highest BCUT2D eigenvalue weighted by Crippen LogP contribution is 2.37. The van der Waals surface area contributed by atoms with Crippen LogP contribution < -0.4 is 9.47 Å². The number of aromatic carboxylic acids is 1. The van der Waals surface area contributed by atoms with Crippen LogP contribution in [0.2, 0.25) is 0 Å². The van der Waals surface area contributed by atoms with Gasteiger partial charge in [-0.15, -0.1) is 0 Å². The molecule has 0 aliphatic carbocycles. The van der Waals surface area contributed by atoms with Crippen LogP contribution in [0.25, 0.3) is 22.5 Å². The van der Waals surface area contributed by atoms with Crippen LogP contribution in [0.4, 0.5) is 0 Å². The Labute approximate surface area is 151 Å². The molecule has 3 aromatic rings. The summed E-state index contributed by atoms with van der Waals surface area (Å²) in [7, 11) is 3.06. The molecule has 2 aromatic carbocycles. The van der Waals surface area contributed by atoms with Crippen molar-refractivity contribution >= 4 is 5.97 Å². The maximum Gasteiger partial charge on any atom is 0.339 e. The van der Waals surface area contributed by atoms with Gasteiger partial charge in [0.15, 0.2) is 5.76 Å². The van der Waals surface area contributed by atoms with Crippen LogP contribution in [-0.2, 0) is 0 Å². The third-order valence-corrected chi connectivity index (χ3v) is 4.41. The fraction of sp³-hybridized carbons (Fsp3) is 0.200. The zero-order valence-corrected chi connectivity index (χ0v) is 15.0. The SMILES string of the molecule is COc1ccc(-c2cnoc2-c2cc(C)c(C)c(OC)c2)cc1C(=O)O. The second-order valence-electron chi connectivity index (χ2n) is 5.91. The van der Waals surface area contributed by atoms with Crippen LogP contribution in [0, 0.1) is 13.8 Å². The van der Waals surface area contributed by atoms with E-state index in [9.17, 15) is 9.90 Å². The minimum Gasteiger partial charge on any atom is -0.496 e. The average molecular weight is 353 g/mol. The number of rotatable bonds is 5. The number of carboxylic acid groups (broad SMARTS) is 1. The van der Waals surface area contributed by atoms with E-state index in [1.165, 1.54) is 7.11 Å². The monoisotopic (exact) mass is 353 g/mol. The van der Waals surface area contributed by atoms with E-state index in [4.69, 9.17) is 14.0 Å². The molecule has 6 heteroatoms. The largest absolute Gasteiger partial charge is 0.496 e. The zero-order valence-electron chi connectivity index (χ0n) is 15.0. The molecule has 0 aliphatic rings. The molecule has 3 rings (SSSR count). The standard InChI is InChI=1S/C20H19NO5/c1-11-7-14(9-18(25-4)12(11)2)19-16(10-21-26-19)13-5-6-17(24-3)15(8-13)20(22)23/h5-10H,1-4H3,(H,22,23). The van der Waals surface area contributed by atoms with Gasteiger partial charge >= 0.3 is 5.97 Å². The van der Waals surface area contributed by atoms with Gasteiger partial charge < -0.3 is 19.1 Å². The average Bonchev–Trinajstić information content (AvgIpc) is 3.13. The van der Waals surface area contributed by atoms with Crippen LogP contribution in [0.1, 0.15) is 21.5 Å². The first-order chi connectivity index (χ1) is 12.5. The summed E-state index contributed by atoms with van der Waals surface area (Å²) in [6, 6.07) is 8.82. The lowest BCUT2D eigenvalue weighted by atomic mass is 9.97. The lowest BCUT2D eigenvalue weighted by Crippen LogP contribution is -2.00. The molecule has 1 aromatic heterocycles. The maximum absolute atomic E-state index is 11.5. The number of hydrogen-bond donors (Lipinski definition) is 1. The molecular formula is C20H19NO5. The molecule has 0 saturated carbocycles. The summed E-state index contributed by atoms with van der Waals surface area (Å²) < 4.78 is 16.0. The fourth-order valence-corrected chi connectivity index (χ4v) is 2.87. The number of ether oxygens (including phenoxy) is 2. The molecule has 134 valence electrons. The van der Waals surface area contributed by atoms with Crippen LogP contribution in [-0.4, -0.2) is 30.5 Å². The Balaban J connectivity index is 2.15. The number of hydrogen-bond acceptors (Lipinski definition) is 5. The van der Waals surface area contributed by atoms with Crippen molar-refractivity contribution in [3.8, 4) is 33.9 Å². The molecule has 26 heavy (non-hydrogen) atoms. The number of methoxy groups -OCH3 is 2. The van der Waals surface area contributed by atoms with Gasteiger partial charge in [0.25, 0.3) is 0 Å². The fourth-order valence-electron chi connectivity index (χ4n) is 2.87. The molecule has 1 N–H and O–H groups in total. The van der Waals surface area contributed by atoms with Crippen LogP contribution >= 0.6 is 0 Å². The minimum absolute atomic E-state index is 0.0785. The molecule has 0 saturated heterocycles. The highest BCUT2D eigenvalue weighted by Gasteiger charge is 2.18. The lowest BCUT2D eigenvalue weighted by Gasteiger charge is -2.11. The first-order valence-corrected chi connectivity index (χ1v) is 7.98. The molecule has 0 radical (unpaired) electrons. The molecule has 0 aliphatic heterocycles. The van der Waals surface area contributed by atoms with Crippen LogP contribution in [0.5, 0.6) is 11.5 Å². The van der Waals surface area contributed by atoms with Gasteiger partial charge in [-0.05, 0) is 54.8 Å². The number of nitrogens with zero attached hydrogens (tertiary/aromatic N) is 1. The van der Waals surface area contributed by atoms with Crippen molar-refractivity contribution < 1.29 is 23.9 Å². The van der Waals surface area contributed by atoms with E-state index in [1.54, 1.807) is 31.5 Å². The van der Waals surface area contributed by atoms with Gasteiger partial charge in [-0.25, -0.2) is 4.79 Å². The predicted molar refractivity (Wildman–Crippen MR) is 96.9 cm³/mol.